The normalized spacial score (nSPS) is 11.9. The molecule has 2 heterocycles. The molecule has 9 aromatic carbocycles. The number of hydrogen-bond donors (Lipinski definition) is 0. The van der Waals surface area contributed by atoms with Crippen LogP contribution in [0.5, 0.6) is 0 Å². The van der Waals surface area contributed by atoms with Crippen LogP contribution in [-0.2, 0) is 0 Å². The van der Waals surface area contributed by atoms with E-state index in [1.165, 1.54) is 83.0 Å². The topological polar surface area (TPSA) is 18.1 Å². The molecular weight excluding hydrogens is 679 g/mol. The minimum Gasteiger partial charge on any atom is -0.456 e. The molecule has 0 amide bonds. The Bertz CT molecular complexity index is 3360. The van der Waals surface area contributed by atoms with Crippen molar-refractivity contribution in [2.45, 2.75) is 0 Å². The number of rotatable bonds is 3. The van der Waals surface area contributed by atoms with E-state index in [4.69, 9.17) is 4.42 Å². The maximum atomic E-state index is 6.34. The molecule has 2 nitrogen and oxygen atoms in total. The Hall–Kier alpha value is -7.42. The van der Waals surface area contributed by atoms with Crippen molar-refractivity contribution >= 4 is 43.7 Å². The molecule has 0 bridgehead atoms. The second-order valence-corrected chi connectivity index (χ2v) is 14.8. The maximum absolute atomic E-state index is 6.34. The third-order valence-electron chi connectivity index (χ3n) is 11.8. The van der Waals surface area contributed by atoms with E-state index < -0.39 is 0 Å². The highest BCUT2D eigenvalue weighted by atomic mass is 16.3. The van der Waals surface area contributed by atoms with Gasteiger partial charge in [0.05, 0.1) is 11.0 Å². The molecule has 0 atom stereocenters. The number of benzene rings is 9. The van der Waals surface area contributed by atoms with E-state index in [-0.39, 0.29) is 0 Å². The zero-order valence-electron chi connectivity index (χ0n) is 30.4. The summed E-state index contributed by atoms with van der Waals surface area (Å²) in [6.07, 6.45) is 0. The minimum atomic E-state index is 0.897. The quantitative estimate of drug-likeness (QED) is 0.178. The Morgan fingerprint density at radius 2 is 0.804 bits per heavy atom. The first-order valence-electron chi connectivity index (χ1n) is 19.3. The number of hydrogen-bond acceptors (Lipinski definition) is 1. The molecule has 2 aromatic heterocycles. The van der Waals surface area contributed by atoms with Gasteiger partial charge in [-0.1, -0.05) is 140 Å². The van der Waals surface area contributed by atoms with Crippen molar-refractivity contribution in [1.82, 2.24) is 4.57 Å². The maximum Gasteiger partial charge on any atom is 0.135 e. The molecule has 56 heavy (non-hydrogen) atoms. The van der Waals surface area contributed by atoms with Crippen LogP contribution >= 0.6 is 0 Å². The molecule has 1 aliphatic carbocycles. The second-order valence-electron chi connectivity index (χ2n) is 14.8. The fourth-order valence-corrected chi connectivity index (χ4v) is 9.28. The Kier molecular flexibility index (Phi) is 6.66. The van der Waals surface area contributed by atoms with Gasteiger partial charge in [0, 0.05) is 27.2 Å². The van der Waals surface area contributed by atoms with Crippen molar-refractivity contribution in [2.24, 2.45) is 0 Å². The van der Waals surface area contributed by atoms with Crippen LogP contribution in [-0.4, -0.2) is 4.57 Å². The fraction of sp³-hybridized carbons (Fsp3) is 0. The molecule has 2 heteroatoms. The van der Waals surface area contributed by atoms with Gasteiger partial charge >= 0.3 is 0 Å². The minimum absolute atomic E-state index is 0.897. The van der Waals surface area contributed by atoms with Gasteiger partial charge in [-0.3, -0.25) is 0 Å². The predicted molar refractivity (Wildman–Crippen MR) is 234 cm³/mol. The molecule has 0 aliphatic heterocycles. The molecule has 260 valence electrons. The van der Waals surface area contributed by atoms with Gasteiger partial charge in [0.1, 0.15) is 11.2 Å². The van der Waals surface area contributed by atoms with E-state index in [1.54, 1.807) is 0 Å². The van der Waals surface area contributed by atoms with Gasteiger partial charge in [-0.15, -0.1) is 0 Å². The third-order valence-corrected chi connectivity index (χ3v) is 11.8. The summed E-state index contributed by atoms with van der Waals surface area (Å²) in [5.41, 5.74) is 19.9. The van der Waals surface area contributed by atoms with Gasteiger partial charge in [0.25, 0.3) is 0 Å². The highest BCUT2D eigenvalue weighted by molar-refractivity contribution is 6.13. The average Bonchev–Trinajstić information content (AvgIpc) is 3.81. The molecule has 11 aromatic rings. The van der Waals surface area contributed by atoms with Gasteiger partial charge in [-0.05, 0) is 127 Å². The Labute approximate surface area is 324 Å². The highest BCUT2D eigenvalue weighted by Crippen LogP contribution is 2.52. The lowest BCUT2D eigenvalue weighted by atomic mass is 9.77. The molecule has 0 saturated heterocycles. The summed E-state index contributed by atoms with van der Waals surface area (Å²) in [5, 5.41) is 4.73. The summed E-state index contributed by atoms with van der Waals surface area (Å²) in [6.45, 7) is 0. The Balaban J connectivity index is 1.19. The van der Waals surface area contributed by atoms with Crippen molar-refractivity contribution < 1.29 is 4.42 Å². The van der Waals surface area contributed by atoms with E-state index in [0.29, 0.717) is 0 Å². The molecule has 0 radical (unpaired) electrons. The first-order chi connectivity index (χ1) is 27.8. The molecule has 0 unspecified atom stereocenters. The number of fused-ring (bicyclic) bond motifs is 14. The smallest absolute Gasteiger partial charge is 0.135 e. The zero-order chi connectivity index (χ0) is 36.7. The molecule has 0 fully saturated rings. The monoisotopic (exact) mass is 711 g/mol. The molecule has 0 saturated carbocycles. The lowest BCUT2D eigenvalue weighted by Crippen LogP contribution is -1.99. The fourth-order valence-electron chi connectivity index (χ4n) is 9.28. The van der Waals surface area contributed by atoms with E-state index >= 15 is 0 Å². The highest BCUT2D eigenvalue weighted by Gasteiger charge is 2.26. The predicted octanol–water partition coefficient (Wildman–Crippen LogP) is 15.0. The Morgan fingerprint density at radius 1 is 0.286 bits per heavy atom. The largest absolute Gasteiger partial charge is 0.456 e. The standard InChI is InChI=1S/C54H33NO/c1-2-14-37(15-3-1)55-50-24-12-10-21-43(50)47-30-34(26-28-51(47)55)36-32-46(35-27-29-53-48(31-35)44-22-11-13-25-52(44)56-53)54-45-23-9-8-19-41(45)39-17-5-4-16-38(39)40-18-6-7-20-42(40)49(54)33-36/h1-33H. The SMILES string of the molecule is c1ccc(-n2c3ccccc3c3cc(-c4cc(-c5ccc6oc7ccccc7c6c5)c5c(c4)-c4ccccc4-c4ccccc4-c4ccccc4-5)ccc32)cc1. The summed E-state index contributed by atoms with van der Waals surface area (Å²) < 4.78 is 8.72. The van der Waals surface area contributed by atoms with Crippen LogP contribution < -0.4 is 0 Å². The van der Waals surface area contributed by atoms with E-state index in [2.05, 4.69) is 199 Å². The average molecular weight is 712 g/mol. The van der Waals surface area contributed by atoms with Crippen molar-refractivity contribution in [3.8, 4) is 72.4 Å². The lowest BCUT2D eigenvalue weighted by molar-refractivity contribution is 0.669. The lowest BCUT2D eigenvalue weighted by Gasteiger charge is -2.26. The van der Waals surface area contributed by atoms with Crippen LogP contribution in [0.25, 0.3) is 116 Å². The molecule has 0 spiro atoms. The molecule has 12 rings (SSSR count). The van der Waals surface area contributed by atoms with Crippen LogP contribution in [0.4, 0.5) is 0 Å². The van der Waals surface area contributed by atoms with Crippen molar-refractivity contribution in [2.75, 3.05) is 0 Å². The van der Waals surface area contributed by atoms with Crippen LogP contribution in [0.15, 0.2) is 205 Å². The van der Waals surface area contributed by atoms with Gasteiger partial charge in [0.2, 0.25) is 0 Å². The van der Waals surface area contributed by atoms with Gasteiger partial charge in [-0.2, -0.15) is 0 Å². The number of furan rings is 1. The number of nitrogens with zero attached hydrogens (tertiary/aromatic N) is 1. The first-order valence-corrected chi connectivity index (χ1v) is 19.3. The summed E-state index contributed by atoms with van der Waals surface area (Å²) >= 11 is 0. The first kappa shape index (κ1) is 31.0. The van der Waals surface area contributed by atoms with E-state index in [9.17, 15) is 0 Å². The van der Waals surface area contributed by atoms with Crippen LogP contribution in [0.1, 0.15) is 0 Å². The van der Waals surface area contributed by atoms with Crippen molar-refractivity contribution in [3.05, 3.63) is 200 Å². The van der Waals surface area contributed by atoms with E-state index in [0.717, 1.165) is 33.2 Å². The zero-order valence-corrected chi connectivity index (χ0v) is 30.4. The van der Waals surface area contributed by atoms with Crippen molar-refractivity contribution in [1.29, 1.82) is 0 Å². The second kappa shape index (κ2) is 12.0. The number of para-hydroxylation sites is 3. The van der Waals surface area contributed by atoms with Crippen LogP contribution in [0, 0.1) is 0 Å². The van der Waals surface area contributed by atoms with Crippen LogP contribution in [0.2, 0.25) is 0 Å². The van der Waals surface area contributed by atoms with Gasteiger partial charge in [0.15, 0.2) is 0 Å². The van der Waals surface area contributed by atoms with Gasteiger partial charge < -0.3 is 8.98 Å². The summed E-state index contributed by atoms with van der Waals surface area (Å²) in [6, 6.07) is 73.1. The molecule has 1 aliphatic rings. The molecule has 0 N–H and O–H groups in total. The Morgan fingerprint density at radius 3 is 1.55 bits per heavy atom. The summed E-state index contributed by atoms with van der Waals surface area (Å²) in [5.74, 6) is 0. The summed E-state index contributed by atoms with van der Waals surface area (Å²) in [7, 11) is 0. The van der Waals surface area contributed by atoms with Crippen molar-refractivity contribution in [3.63, 3.8) is 0 Å². The number of aromatic nitrogens is 1. The van der Waals surface area contributed by atoms with Crippen LogP contribution in [0.3, 0.4) is 0 Å². The summed E-state index contributed by atoms with van der Waals surface area (Å²) in [4.78, 5) is 0. The van der Waals surface area contributed by atoms with E-state index in [1.807, 2.05) is 6.07 Å². The molecular formula is C54H33NO. The third kappa shape index (κ3) is 4.57. The van der Waals surface area contributed by atoms with Gasteiger partial charge in [-0.25, -0.2) is 0 Å².